The van der Waals surface area contributed by atoms with Gasteiger partial charge in [0.15, 0.2) is 0 Å². The van der Waals surface area contributed by atoms with Gasteiger partial charge < -0.3 is 9.47 Å². The van der Waals surface area contributed by atoms with Crippen LogP contribution in [0.25, 0.3) is 6.08 Å². The van der Waals surface area contributed by atoms with E-state index in [4.69, 9.17) is 0 Å². The predicted octanol–water partition coefficient (Wildman–Crippen LogP) is 3.84. The molecule has 7 nitrogen and oxygen atoms in total. The number of aromatic nitrogens is 3. The average Bonchev–Trinajstić information content (AvgIpc) is 3.50. The number of amides is 1. The summed E-state index contributed by atoms with van der Waals surface area (Å²) in [6.07, 6.45) is 5.83. The number of nitrogens with zero attached hydrogens (tertiary/aromatic N) is 5. The van der Waals surface area contributed by atoms with Crippen LogP contribution in [0.1, 0.15) is 29.7 Å². The summed E-state index contributed by atoms with van der Waals surface area (Å²) in [5, 5.41) is 21.6. The van der Waals surface area contributed by atoms with Gasteiger partial charge >= 0.3 is 0 Å². The Morgan fingerprint density at radius 2 is 2.00 bits per heavy atom. The third-order valence-electron chi connectivity index (χ3n) is 5.01. The quantitative estimate of drug-likeness (QED) is 0.485. The van der Waals surface area contributed by atoms with E-state index in [9.17, 15) is 10.1 Å². The molecule has 1 aliphatic heterocycles. The number of nitrogens with one attached hydrogen (secondary N) is 1. The minimum atomic E-state index is -0.482. The molecule has 152 valence electrons. The minimum absolute atomic E-state index is 0.0248. The van der Waals surface area contributed by atoms with Crippen molar-refractivity contribution < 1.29 is 4.79 Å². The molecule has 1 fully saturated rings. The molecule has 0 spiro atoms. The molecule has 3 aromatic rings. The molecule has 1 aromatic carbocycles. The van der Waals surface area contributed by atoms with E-state index in [0.29, 0.717) is 11.7 Å². The molecular weight excluding hydrogens is 396 g/mol. The number of nitriles is 1. The van der Waals surface area contributed by atoms with Crippen LogP contribution in [0, 0.1) is 18.3 Å². The van der Waals surface area contributed by atoms with Crippen molar-refractivity contribution in [3.05, 3.63) is 65.0 Å². The van der Waals surface area contributed by atoms with E-state index in [-0.39, 0.29) is 5.57 Å². The van der Waals surface area contributed by atoms with Gasteiger partial charge in [-0.1, -0.05) is 41.2 Å². The average molecular weight is 419 g/mol. The third-order valence-corrected chi connectivity index (χ3v) is 5.91. The molecule has 3 heterocycles. The van der Waals surface area contributed by atoms with E-state index < -0.39 is 5.91 Å². The number of hydrogen-bond donors (Lipinski definition) is 1. The Morgan fingerprint density at radius 3 is 2.73 bits per heavy atom. The summed E-state index contributed by atoms with van der Waals surface area (Å²) in [5.41, 5.74) is 3.17. The SMILES string of the molecule is Cc1ccc(Cn2cccc2/C=C(/C#N)C(=O)Nc2nnc(N3CCCC3)s2)cc1. The molecule has 0 radical (unpaired) electrons. The van der Waals surface area contributed by atoms with Crippen molar-refractivity contribution in [3.8, 4) is 6.07 Å². The van der Waals surface area contributed by atoms with Crippen LogP contribution in [0.15, 0.2) is 48.2 Å². The van der Waals surface area contributed by atoms with Gasteiger partial charge in [-0.15, -0.1) is 10.2 Å². The molecular formula is C22H22N6OS. The van der Waals surface area contributed by atoms with Gasteiger partial charge in [-0.05, 0) is 43.5 Å². The lowest BCUT2D eigenvalue weighted by Gasteiger charge is -2.10. The van der Waals surface area contributed by atoms with Crippen molar-refractivity contribution in [2.75, 3.05) is 23.3 Å². The Hall–Kier alpha value is -3.44. The maximum Gasteiger partial charge on any atom is 0.268 e. The largest absolute Gasteiger partial charge is 0.347 e. The molecule has 0 bridgehead atoms. The van der Waals surface area contributed by atoms with Crippen LogP contribution in [-0.2, 0) is 11.3 Å². The first kappa shape index (κ1) is 19.9. The number of benzene rings is 1. The highest BCUT2D eigenvalue weighted by Crippen LogP contribution is 2.27. The van der Waals surface area contributed by atoms with Crippen LogP contribution in [0.2, 0.25) is 0 Å². The summed E-state index contributed by atoms with van der Waals surface area (Å²) >= 11 is 1.33. The zero-order valence-corrected chi connectivity index (χ0v) is 17.5. The van der Waals surface area contributed by atoms with E-state index in [1.54, 1.807) is 6.08 Å². The first-order chi connectivity index (χ1) is 14.6. The molecule has 1 saturated heterocycles. The lowest BCUT2D eigenvalue weighted by molar-refractivity contribution is -0.112. The van der Waals surface area contributed by atoms with Crippen molar-refractivity contribution in [2.45, 2.75) is 26.3 Å². The summed E-state index contributed by atoms with van der Waals surface area (Å²) in [6.45, 7) is 4.64. The predicted molar refractivity (Wildman–Crippen MR) is 118 cm³/mol. The van der Waals surface area contributed by atoms with Crippen molar-refractivity contribution in [1.82, 2.24) is 14.8 Å². The number of hydrogen-bond acceptors (Lipinski definition) is 6. The van der Waals surface area contributed by atoms with Gasteiger partial charge in [0, 0.05) is 31.5 Å². The second-order valence-corrected chi connectivity index (χ2v) is 8.21. The first-order valence-corrected chi connectivity index (χ1v) is 10.7. The van der Waals surface area contributed by atoms with Gasteiger partial charge in [-0.2, -0.15) is 5.26 Å². The molecule has 0 aliphatic carbocycles. The first-order valence-electron chi connectivity index (χ1n) is 9.84. The Labute approximate surface area is 179 Å². The lowest BCUT2D eigenvalue weighted by Crippen LogP contribution is -2.17. The van der Waals surface area contributed by atoms with Crippen molar-refractivity contribution in [1.29, 1.82) is 5.26 Å². The van der Waals surface area contributed by atoms with Crippen molar-refractivity contribution >= 4 is 33.6 Å². The highest BCUT2D eigenvalue weighted by atomic mass is 32.1. The maximum atomic E-state index is 12.6. The second-order valence-electron chi connectivity index (χ2n) is 7.25. The van der Waals surface area contributed by atoms with Crippen LogP contribution in [0.4, 0.5) is 10.3 Å². The Morgan fingerprint density at radius 1 is 1.23 bits per heavy atom. The number of carbonyl (C=O) groups excluding carboxylic acids is 1. The van der Waals surface area contributed by atoms with Crippen molar-refractivity contribution in [2.24, 2.45) is 0 Å². The summed E-state index contributed by atoms with van der Waals surface area (Å²) in [7, 11) is 0. The van der Waals surface area contributed by atoms with E-state index in [1.807, 2.05) is 29.0 Å². The van der Waals surface area contributed by atoms with E-state index >= 15 is 0 Å². The fourth-order valence-corrected chi connectivity index (χ4v) is 4.15. The highest BCUT2D eigenvalue weighted by molar-refractivity contribution is 7.19. The zero-order chi connectivity index (χ0) is 20.9. The molecule has 4 rings (SSSR count). The molecule has 8 heteroatoms. The fourth-order valence-electron chi connectivity index (χ4n) is 3.36. The molecule has 30 heavy (non-hydrogen) atoms. The molecule has 0 unspecified atom stereocenters. The van der Waals surface area contributed by atoms with Crippen LogP contribution < -0.4 is 10.2 Å². The van der Waals surface area contributed by atoms with E-state index in [1.165, 1.54) is 16.9 Å². The van der Waals surface area contributed by atoms with Gasteiger partial charge in [0.2, 0.25) is 10.3 Å². The second kappa shape index (κ2) is 8.93. The maximum absolute atomic E-state index is 12.6. The van der Waals surface area contributed by atoms with Crippen LogP contribution in [0.3, 0.4) is 0 Å². The zero-order valence-electron chi connectivity index (χ0n) is 16.7. The topological polar surface area (TPSA) is 86.8 Å². The number of rotatable bonds is 6. The van der Waals surface area contributed by atoms with Gasteiger partial charge in [-0.25, -0.2) is 0 Å². The normalized spacial score (nSPS) is 14.0. The van der Waals surface area contributed by atoms with Gasteiger partial charge in [0.05, 0.1) is 0 Å². The Kier molecular flexibility index (Phi) is 5.91. The van der Waals surface area contributed by atoms with E-state index in [2.05, 4.69) is 51.6 Å². The Bertz CT molecular complexity index is 1100. The van der Waals surface area contributed by atoms with Gasteiger partial charge in [0.1, 0.15) is 11.6 Å². The van der Waals surface area contributed by atoms with Crippen molar-refractivity contribution in [3.63, 3.8) is 0 Å². The summed E-state index contributed by atoms with van der Waals surface area (Å²) in [5.74, 6) is -0.482. The molecule has 0 atom stereocenters. The van der Waals surface area contributed by atoms with Crippen LogP contribution in [0.5, 0.6) is 0 Å². The van der Waals surface area contributed by atoms with Crippen LogP contribution >= 0.6 is 11.3 Å². The van der Waals surface area contributed by atoms with Crippen LogP contribution in [-0.4, -0.2) is 33.8 Å². The third kappa shape index (κ3) is 4.58. The Balaban J connectivity index is 1.47. The number of aryl methyl sites for hydroxylation is 1. The molecule has 2 aromatic heterocycles. The van der Waals surface area contributed by atoms with E-state index in [0.717, 1.165) is 42.3 Å². The lowest BCUT2D eigenvalue weighted by atomic mass is 10.1. The van der Waals surface area contributed by atoms with Gasteiger partial charge in [0.25, 0.3) is 5.91 Å². The number of anilines is 2. The highest BCUT2D eigenvalue weighted by Gasteiger charge is 2.18. The fraction of sp³-hybridized carbons (Fsp3) is 0.273. The minimum Gasteiger partial charge on any atom is -0.347 e. The summed E-state index contributed by atoms with van der Waals surface area (Å²) in [4.78, 5) is 14.8. The molecule has 1 amide bonds. The molecule has 0 saturated carbocycles. The monoisotopic (exact) mass is 418 g/mol. The standard InChI is InChI=1S/C22H22N6OS/c1-16-6-8-17(9-7-16)15-28-12-4-5-19(28)13-18(14-23)20(29)24-21-25-26-22(30-21)27-10-2-3-11-27/h4-9,12-13H,2-3,10-11,15H2,1H3,(H,24,25,29)/b18-13-. The molecule has 1 aliphatic rings. The summed E-state index contributed by atoms with van der Waals surface area (Å²) in [6, 6.07) is 14.1. The molecule has 1 N–H and O–H groups in total. The summed E-state index contributed by atoms with van der Waals surface area (Å²) < 4.78 is 2.01. The van der Waals surface area contributed by atoms with Gasteiger partial charge in [-0.3, -0.25) is 10.1 Å². The smallest absolute Gasteiger partial charge is 0.268 e. The number of carbonyl (C=O) groups is 1.